The van der Waals surface area contributed by atoms with Crippen LogP contribution < -0.4 is 4.90 Å². The van der Waals surface area contributed by atoms with Gasteiger partial charge in [-0.1, -0.05) is 48.0 Å². The van der Waals surface area contributed by atoms with Crippen molar-refractivity contribution in [1.82, 2.24) is 4.90 Å². The monoisotopic (exact) mass is 352 g/mol. The van der Waals surface area contributed by atoms with E-state index in [9.17, 15) is 14.7 Å². The number of anilines is 1. The van der Waals surface area contributed by atoms with Gasteiger partial charge in [0.15, 0.2) is 0 Å². The fraction of sp³-hybridized carbons (Fsp3) is 0.333. The molecule has 0 unspecified atom stereocenters. The topological polar surface area (TPSA) is 60.9 Å². The van der Waals surface area contributed by atoms with E-state index >= 15 is 0 Å². The molecule has 1 saturated carbocycles. The minimum atomic E-state index is -0.946. The van der Waals surface area contributed by atoms with Crippen LogP contribution in [0.4, 0.5) is 5.69 Å². The van der Waals surface area contributed by atoms with Crippen LogP contribution >= 0.6 is 0 Å². The molecule has 0 saturated heterocycles. The number of nitrogens with zero attached hydrogens (tertiary/aromatic N) is 2. The Morgan fingerprint density at radius 1 is 1.00 bits per heavy atom. The molecular weight excluding hydrogens is 328 g/mol. The van der Waals surface area contributed by atoms with Crippen LogP contribution in [0.15, 0.2) is 54.6 Å². The zero-order valence-corrected chi connectivity index (χ0v) is 15.0. The van der Waals surface area contributed by atoms with E-state index < -0.39 is 5.97 Å². The lowest BCUT2D eigenvalue weighted by Gasteiger charge is -2.28. The van der Waals surface area contributed by atoms with E-state index in [1.165, 1.54) is 5.56 Å². The lowest BCUT2D eigenvalue weighted by Crippen LogP contribution is -2.43. The molecule has 3 rings (SSSR count). The predicted molar refractivity (Wildman–Crippen MR) is 101 cm³/mol. The van der Waals surface area contributed by atoms with Gasteiger partial charge in [0.25, 0.3) is 0 Å². The van der Waals surface area contributed by atoms with Crippen molar-refractivity contribution in [2.45, 2.75) is 32.4 Å². The minimum Gasteiger partial charge on any atom is -0.480 e. The number of rotatable bonds is 8. The van der Waals surface area contributed by atoms with Crippen molar-refractivity contribution in [3.63, 3.8) is 0 Å². The summed E-state index contributed by atoms with van der Waals surface area (Å²) in [6.07, 6.45) is 2.03. The summed E-state index contributed by atoms with van der Waals surface area (Å²) in [7, 11) is 0. The molecule has 1 fully saturated rings. The molecule has 0 spiro atoms. The van der Waals surface area contributed by atoms with Crippen molar-refractivity contribution < 1.29 is 14.7 Å². The molecule has 5 heteroatoms. The van der Waals surface area contributed by atoms with Gasteiger partial charge < -0.3 is 14.9 Å². The third-order valence-electron chi connectivity index (χ3n) is 4.56. The van der Waals surface area contributed by atoms with E-state index in [0.29, 0.717) is 6.54 Å². The van der Waals surface area contributed by atoms with Gasteiger partial charge in [0.1, 0.15) is 6.54 Å². The molecule has 26 heavy (non-hydrogen) atoms. The largest absolute Gasteiger partial charge is 0.480 e. The Bertz CT molecular complexity index is 755. The third kappa shape index (κ3) is 4.85. The molecule has 136 valence electrons. The number of hydrogen-bond acceptors (Lipinski definition) is 3. The summed E-state index contributed by atoms with van der Waals surface area (Å²) < 4.78 is 0. The van der Waals surface area contributed by atoms with E-state index in [2.05, 4.69) is 0 Å². The summed E-state index contributed by atoms with van der Waals surface area (Å²) in [5.74, 6) is -0.976. The van der Waals surface area contributed by atoms with Crippen LogP contribution in [0.2, 0.25) is 0 Å². The number of carbonyl (C=O) groups excluding carboxylic acids is 1. The van der Waals surface area contributed by atoms with Gasteiger partial charge in [-0.05, 0) is 37.5 Å². The molecule has 1 aliphatic carbocycles. The number of benzene rings is 2. The van der Waals surface area contributed by atoms with Crippen molar-refractivity contribution in [3.8, 4) is 0 Å². The van der Waals surface area contributed by atoms with Crippen molar-refractivity contribution in [3.05, 3.63) is 65.7 Å². The molecule has 1 N–H and O–H groups in total. The molecule has 2 aromatic carbocycles. The lowest BCUT2D eigenvalue weighted by molar-refractivity contribution is -0.135. The van der Waals surface area contributed by atoms with Gasteiger partial charge in [-0.2, -0.15) is 0 Å². The number of aliphatic carboxylic acids is 1. The first kappa shape index (κ1) is 18.0. The molecule has 1 aliphatic rings. The highest BCUT2D eigenvalue weighted by Gasteiger charge is 2.33. The van der Waals surface area contributed by atoms with Gasteiger partial charge in [0.2, 0.25) is 5.91 Å². The number of hydrogen-bond donors (Lipinski definition) is 1. The molecule has 0 bridgehead atoms. The second kappa shape index (κ2) is 8.04. The van der Waals surface area contributed by atoms with E-state index in [1.807, 2.05) is 66.4 Å². The number of carbonyl (C=O) groups is 2. The Kier molecular flexibility index (Phi) is 5.56. The molecule has 1 amide bonds. The Morgan fingerprint density at radius 3 is 2.23 bits per heavy atom. The Labute approximate surface area is 153 Å². The number of amides is 1. The summed E-state index contributed by atoms with van der Waals surface area (Å²) in [4.78, 5) is 27.7. The van der Waals surface area contributed by atoms with Crippen LogP contribution in [-0.4, -0.2) is 41.0 Å². The highest BCUT2D eigenvalue weighted by atomic mass is 16.4. The highest BCUT2D eigenvalue weighted by molar-refractivity contribution is 5.84. The van der Waals surface area contributed by atoms with Crippen LogP contribution in [0.3, 0.4) is 0 Å². The van der Waals surface area contributed by atoms with E-state index in [0.717, 1.165) is 24.1 Å². The van der Waals surface area contributed by atoms with Crippen molar-refractivity contribution in [2.75, 3.05) is 18.0 Å². The maximum Gasteiger partial charge on any atom is 0.323 e. The van der Waals surface area contributed by atoms with Gasteiger partial charge >= 0.3 is 5.97 Å². The Morgan fingerprint density at radius 2 is 1.65 bits per heavy atom. The summed E-state index contributed by atoms with van der Waals surface area (Å²) in [6, 6.07) is 17.7. The Balaban J connectivity index is 1.73. The molecule has 0 radical (unpaired) electrons. The van der Waals surface area contributed by atoms with E-state index in [-0.39, 0.29) is 25.0 Å². The SMILES string of the molecule is Cc1ccc(CN(C(=O)CN(CC(=O)O)c2ccccc2)C2CC2)cc1. The van der Waals surface area contributed by atoms with Crippen LogP contribution in [0, 0.1) is 6.92 Å². The normalized spacial score (nSPS) is 13.3. The van der Waals surface area contributed by atoms with E-state index in [1.54, 1.807) is 4.90 Å². The lowest BCUT2D eigenvalue weighted by atomic mass is 10.1. The summed E-state index contributed by atoms with van der Waals surface area (Å²) >= 11 is 0. The van der Waals surface area contributed by atoms with Crippen LogP contribution in [0.25, 0.3) is 0 Å². The van der Waals surface area contributed by atoms with Gasteiger partial charge in [-0.25, -0.2) is 0 Å². The molecule has 0 heterocycles. The van der Waals surface area contributed by atoms with Crippen molar-refractivity contribution in [1.29, 1.82) is 0 Å². The van der Waals surface area contributed by atoms with Gasteiger partial charge in [-0.15, -0.1) is 0 Å². The first-order valence-electron chi connectivity index (χ1n) is 8.90. The molecule has 0 aromatic heterocycles. The zero-order chi connectivity index (χ0) is 18.5. The summed E-state index contributed by atoms with van der Waals surface area (Å²) in [5.41, 5.74) is 3.03. The first-order chi connectivity index (χ1) is 12.5. The van der Waals surface area contributed by atoms with Crippen molar-refractivity contribution in [2.24, 2.45) is 0 Å². The quantitative estimate of drug-likeness (QED) is 0.793. The number of aryl methyl sites for hydroxylation is 1. The fourth-order valence-corrected chi connectivity index (χ4v) is 2.99. The van der Waals surface area contributed by atoms with Crippen LogP contribution in [0.5, 0.6) is 0 Å². The maximum absolute atomic E-state index is 13.0. The van der Waals surface area contributed by atoms with E-state index in [4.69, 9.17) is 0 Å². The summed E-state index contributed by atoms with van der Waals surface area (Å²) in [6.45, 7) is 2.48. The van der Waals surface area contributed by atoms with Gasteiger partial charge in [0.05, 0.1) is 6.54 Å². The van der Waals surface area contributed by atoms with Crippen molar-refractivity contribution >= 4 is 17.6 Å². The van der Waals surface area contributed by atoms with Crippen LogP contribution in [0.1, 0.15) is 24.0 Å². The summed E-state index contributed by atoms with van der Waals surface area (Å²) in [5, 5.41) is 9.21. The smallest absolute Gasteiger partial charge is 0.323 e. The number of carboxylic acids is 1. The van der Waals surface area contributed by atoms with Gasteiger partial charge in [0, 0.05) is 18.3 Å². The average Bonchev–Trinajstić information content (AvgIpc) is 3.46. The second-order valence-corrected chi connectivity index (χ2v) is 6.82. The minimum absolute atomic E-state index is 0.0295. The molecule has 5 nitrogen and oxygen atoms in total. The second-order valence-electron chi connectivity index (χ2n) is 6.82. The average molecular weight is 352 g/mol. The zero-order valence-electron chi connectivity index (χ0n) is 15.0. The first-order valence-corrected chi connectivity index (χ1v) is 8.90. The standard InChI is InChI=1S/C21H24N2O3/c1-16-7-9-17(10-8-16)13-23(19-11-12-19)20(24)14-22(15-21(25)26)18-5-3-2-4-6-18/h2-10,19H,11-15H2,1H3,(H,25,26). The molecule has 0 atom stereocenters. The maximum atomic E-state index is 13.0. The number of carboxylic acid groups (broad SMARTS) is 1. The molecule has 2 aromatic rings. The predicted octanol–water partition coefficient (Wildman–Crippen LogP) is 3.08. The molecular formula is C21H24N2O3. The molecule has 0 aliphatic heterocycles. The van der Waals surface area contributed by atoms with Crippen LogP contribution in [-0.2, 0) is 16.1 Å². The van der Waals surface area contributed by atoms with Gasteiger partial charge in [-0.3, -0.25) is 9.59 Å². The highest BCUT2D eigenvalue weighted by Crippen LogP contribution is 2.29. The Hall–Kier alpha value is -2.82. The number of para-hydroxylation sites is 1. The fourth-order valence-electron chi connectivity index (χ4n) is 2.99. The third-order valence-corrected chi connectivity index (χ3v) is 4.56.